The molecule has 4 nitrogen and oxygen atoms in total. The van der Waals surface area contributed by atoms with Crippen LogP contribution in [0.4, 0.5) is 5.69 Å². The maximum absolute atomic E-state index is 12.6. The van der Waals surface area contributed by atoms with Gasteiger partial charge in [0.1, 0.15) is 5.75 Å². The van der Waals surface area contributed by atoms with Gasteiger partial charge < -0.3 is 10.0 Å². The lowest BCUT2D eigenvalue weighted by Gasteiger charge is -2.21. The van der Waals surface area contributed by atoms with Gasteiger partial charge in [0.15, 0.2) is 5.43 Å². The monoisotopic (exact) mass is 364 g/mol. The molecule has 2 aromatic rings. The fourth-order valence-electron chi connectivity index (χ4n) is 3.56. The van der Waals surface area contributed by atoms with E-state index in [1.54, 1.807) is 23.5 Å². The number of hydrogen-bond donors (Lipinski definition) is 1. The zero-order valence-corrected chi connectivity index (χ0v) is 15.9. The molecule has 0 aromatic heterocycles. The van der Waals surface area contributed by atoms with Crippen molar-refractivity contribution in [1.29, 1.82) is 0 Å². The van der Waals surface area contributed by atoms with Crippen molar-refractivity contribution < 1.29 is 5.11 Å². The van der Waals surface area contributed by atoms with Crippen molar-refractivity contribution in [2.75, 3.05) is 18.0 Å². The summed E-state index contributed by atoms with van der Waals surface area (Å²) in [5.41, 5.74) is 3.70. The van der Waals surface area contributed by atoms with Crippen molar-refractivity contribution in [1.82, 2.24) is 4.98 Å². The number of aromatic nitrogens is 1. The van der Waals surface area contributed by atoms with E-state index < -0.39 is 0 Å². The molecule has 0 bridgehead atoms. The van der Waals surface area contributed by atoms with Gasteiger partial charge in [-0.25, -0.2) is 4.98 Å². The van der Waals surface area contributed by atoms with Crippen LogP contribution >= 0.6 is 11.3 Å². The molecule has 132 valence electrons. The standard InChI is InChI=1S/C21H20N2O2S/c1-4-23(5-2)13-6-7-16-18(9-13)26-19-11-17(25)15-10-14(24)8-12(3)20(15)21(19)22-16/h6-11,24H,4-5H2,1-3H3. The van der Waals surface area contributed by atoms with E-state index in [1.807, 2.05) is 13.0 Å². The summed E-state index contributed by atoms with van der Waals surface area (Å²) >= 11 is 1.59. The molecule has 2 aliphatic rings. The van der Waals surface area contributed by atoms with Crippen molar-refractivity contribution in [2.45, 2.75) is 20.8 Å². The summed E-state index contributed by atoms with van der Waals surface area (Å²) in [6.07, 6.45) is 0. The predicted molar refractivity (Wildman–Crippen MR) is 110 cm³/mol. The molecule has 0 fully saturated rings. The van der Waals surface area contributed by atoms with E-state index in [2.05, 4.69) is 30.9 Å². The maximum Gasteiger partial charge on any atom is 0.188 e. The molecule has 0 saturated heterocycles. The van der Waals surface area contributed by atoms with Crippen LogP contribution < -0.4 is 10.3 Å². The largest absolute Gasteiger partial charge is 0.508 e. The Morgan fingerprint density at radius 1 is 1.12 bits per heavy atom. The molecular weight excluding hydrogens is 344 g/mol. The Morgan fingerprint density at radius 2 is 1.88 bits per heavy atom. The molecule has 0 unspecified atom stereocenters. The van der Waals surface area contributed by atoms with Gasteiger partial charge in [-0.2, -0.15) is 0 Å². The summed E-state index contributed by atoms with van der Waals surface area (Å²) in [7, 11) is 0. The number of rotatable bonds is 3. The lowest BCUT2D eigenvalue weighted by atomic mass is 10.0. The second-order valence-corrected chi connectivity index (χ2v) is 7.53. The number of nitrogens with zero attached hydrogens (tertiary/aromatic N) is 2. The summed E-state index contributed by atoms with van der Waals surface area (Å²) in [6.45, 7) is 8.09. The Balaban J connectivity index is 2.06. The van der Waals surface area contributed by atoms with Gasteiger partial charge in [0.25, 0.3) is 0 Å². The molecule has 1 heterocycles. The van der Waals surface area contributed by atoms with Crippen molar-refractivity contribution in [2.24, 2.45) is 0 Å². The quantitative estimate of drug-likeness (QED) is 0.420. The highest BCUT2D eigenvalue weighted by Gasteiger charge is 2.17. The number of phenolic OH excluding ortho intramolecular Hbond substituents is 1. The second kappa shape index (κ2) is 6.25. The smallest absolute Gasteiger partial charge is 0.188 e. The molecule has 0 radical (unpaired) electrons. The molecule has 0 saturated carbocycles. The van der Waals surface area contributed by atoms with Crippen LogP contribution in [0.15, 0.2) is 41.2 Å². The normalized spacial score (nSPS) is 11.5. The van der Waals surface area contributed by atoms with Gasteiger partial charge in [0.2, 0.25) is 0 Å². The van der Waals surface area contributed by atoms with Crippen LogP contribution in [0, 0.1) is 6.92 Å². The van der Waals surface area contributed by atoms with Gasteiger partial charge in [0.05, 0.1) is 20.8 Å². The lowest BCUT2D eigenvalue weighted by Crippen LogP contribution is -2.21. The number of hydrogen-bond acceptors (Lipinski definition) is 5. The highest BCUT2D eigenvalue weighted by atomic mass is 32.1. The molecule has 0 amide bonds. The third-order valence-corrected chi connectivity index (χ3v) is 5.92. The molecule has 2 aromatic carbocycles. The van der Waals surface area contributed by atoms with E-state index in [4.69, 9.17) is 4.98 Å². The average molecular weight is 364 g/mol. The first-order chi connectivity index (χ1) is 12.5. The number of phenols is 1. The first-order valence-electron chi connectivity index (χ1n) is 8.77. The third kappa shape index (κ3) is 2.59. The molecule has 0 atom stereocenters. The maximum atomic E-state index is 12.6. The summed E-state index contributed by atoms with van der Waals surface area (Å²) in [4.78, 5) is 20.6. The number of benzene rings is 3. The fourth-order valence-corrected chi connectivity index (χ4v) is 4.60. The first-order valence-corrected chi connectivity index (χ1v) is 9.59. The molecule has 1 aliphatic heterocycles. The predicted octanol–water partition coefficient (Wildman–Crippen LogP) is 4.77. The van der Waals surface area contributed by atoms with E-state index in [-0.39, 0.29) is 11.2 Å². The Kier molecular flexibility index (Phi) is 4.04. The molecule has 1 aliphatic carbocycles. The van der Waals surface area contributed by atoms with Crippen molar-refractivity contribution in [3.63, 3.8) is 0 Å². The Bertz CT molecular complexity index is 1160. The summed E-state index contributed by atoms with van der Waals surface area (Å²) in [5.74, 6) is 0.111. The number of aryl methyl sites for hydroxylation is 1. The molecule has 0 spiro atoms. The molecule has 4 rings (SSSR count). The van der Waals surface area contributed by atoms with E-state index >= 15 is 0 Å². The van der Waals surface area contributed by atoms with Crippen LogP contribution in [-0.2, 0) is 0 Å². The van der Waals surface area contributed by atoms with Crippen LogP contribution in [0.3, 0.4) is 0 Å². The van der Waals surface area contributed by atoms with Crippen LogP contribution in [0.1, 0.15) is 19.4 Å². The summed E-state index contributed by atoms with van der Waals surface area (Å²) < 4.78 is 1.07. The highest BCUT2D eigenvalue weighted by Crippen LogP contribution is 2.37. The van der Waals surface area contributed by atoms with Crippen molar-refractivity contribution in [3.8, 4) is 16.3 Å². The van der Waals surface area contributed by atoms with Crippen LogP contribution in [0.5, 0.6) is 5.75 Å². The van der Waals surface area contributed by atoms with Gasteiger partial charge in [0, 0.05) is 35.6 Å². The van der Waals surface area contributed by atoms with E-state index in [9.17, 15) is 9.90 Å². The van der Waals surface area contributed by atoms with Gasteiger partial charge in [-0.1, -0.05) is 0 Å². The Morgan fingerprint density at radius 3 is 2.62 bits per heavy atom. The van der Waals surface area contributed by atoms with Gasteiger partial charge >= 0.3 is 0 Å². The second-order valence-electron chi connectivity index (χ2n) is 6.44. The average Bonchev–Trinajstić information content (AvgIpc) is 2.61. The number of anilines is 1. The van der Waals surface area contributed by atoms with Gasteiger partial charge in [-0.05, 0) is 56.7 Å². The highest BCUT2D eigenvalue weighted by molar-refractivity contribution is 7.21. The Labute approximate surface area is 155 Å². The number of fused-ring (bicyclic) bond motifs is 4. The van der Waals surface area contributed by atoms with Crippen LogP contribution in [-0.4, -0.2) is 23.2 Å². The summed E-state index contributed by atoms with van der Waals surface area (Å²) in [6, 6.07) is 11.1. The minimum atomic E-state index is -0.0798. The third-order valence-electron chi connectivity index (χ3n) is 4.84. The Hall–Kier alpha value is -2.66. The molecule has 1 N–H and O–H groups in total. The zero-order chi connectivity index (χ0) is 18.4. The molecule has 5 heteroatoms. The first kappa shape index (κ1) is 16.8. The molecular formula is C21H20N2O2S. The lowest BCUT2D eigenvalue weighted by molar-refractivity contribution is 0.476. The minimum Gasteiger partial charge on any atom is -0.508 e. The molecule has 26 heavy (non-hydrogen) atoms. The topological polar surface area (TPSA) is 53.4 Å². The van der Waals surface area contributed by atoms with Gasteiger partial charge in [-0.3, -0.25) is 4.79 Å². The minimum absolute atomic E-state index is 0.0798. The van der Waals surface area contributed by atoms with E-state index in [0.29, 0.717) is 5.39 Å². The van der Waals surface area contributed by atoms with Crippen LogP contribution in [0.25, 0.3) is 31.6 Å². The SMILES string of the molecule is CCN(CC)c1ccc2nc3c4c(C)cc(O)cc4c(=O)cc-3sc2c1. The van der Waals surface area contributed by atoms with E-state index in [1.165, 1.54) is 11.8 Å². The number of aromatic hydroxyl groups is 1. The van der Waals surface area contributed by atoms with Crippen LogP contribution in [0.2, 0.25) is 0 Å². The fraction of sp³-hybridized carbons (Fsp3) is 0.238. The van der Waals surface area contributed by atoms with Crippen molar-refractivity contribution >= 4 is 38.0 Å². The van der Waals surface area contributed by atoms with Gasteiger partial charge in [-0.15, -0.1) is 11.3 Å². The van der Waals surface area contributed by atoms with E-state index in [0.717, 1.165) is 44.8 Å². The van der Waals surface area contributed by atoms with Crippen molar-refractivity contribution in [3.05, 3.63) is 52.2 Å². The summed E-state index contributed by atoms with van der Waals surface area (Å²) in [5, 5.41) is 11.2. The zero-order valence-electron chi connectivity index (χ0n) is 15.0.